The van der Waals surface area contributed by atoms with Crippen LogP contribution in [0.4, 0.5) is 21.0 Å². The van der Waals surface area contributed by atoms with E-state index in [-0.39, 0.29) is 11.9 Å². The quantitative estimate of drug-likeness (QED) is 0.674. The summed E-state index contributed by atoms with van der Waals surface area (Å²) in [6.45, 7) is 4.64. The molecule has 0 spiro atoms. The molecule has 0 aliphatic carbocycles. The van der Waals surface area contributed by atoms with E-state index in [9.17, 15) is 9.59 Å². The van der Waals surface area contributed by atoms with Gasteiger partial charge in [0.15, 0.2) is 0 Å². The molecule has 2 rings (SSSR count). The van der Waals surface area contributed by atoms with Gasteiger partial charge in [0.2, 0.25) is 0 Å². The van der Waals surface area contributed by atoms with E-state index < -0.39 is 6.09 Å². The number of carbonyl (C=O) groups excluding carboxylic acids is 2. The monoisotopic (exact) mass is 375 g/mol. The fraction of sp³-hybridized carbons (Fsp3) is 0.263. The smallest absolute Gasteiger partial charge is 0.411 e. The van der Waals surface area contributed by atoms with Gasteiger partial charge in [-0.1, -0.05) is 43.6 Å². The van der Waals surface area contributed by atoms with Crippen molar-refractivity contribution in [2.75, 3.05) is 17.2 Å². The zero-order valence-electron chi connectivity index (χ0n) is 14.7. The van der Waals surface area contributed by atoms with E-state index in [1.165, 1.54) is 0 Å². The Hall–Kier alpha value is -2.73. The third kappa shape index (κ3) is 7.03. The van der Waals surface area contributed by atoms with Crippen LogP contribution in [-0.4, -0.2) is 18.7 Å². The highest BCUT2D eigenvalue weighted by Gasteiger charge is 2.07. The van der Waals surface area contributed by atoms with Crippen LogP contribution in [0.15, 0.2) is 48.5 Å². The molecule has 0 aromatic heterocycles. The van der Waals surface area contributed by atoms with E-state index in [4.69, 9.17) is 16.3 Å². The van der Waals surface area contributed by atoms with Crippen LogP contribution in [0.25, 0.3) is 0 Å². The summed E-state index contributed by atoms with van der Waals surface area (Å²) in [7, 11) is 0. The molecular formula is C19H22ClN3O3. The highest BCUT2D eigenvalue weighted by atomic mass is 35.5. The second-order valence-electron chi connectivity index (χ2n) is 6.13. The number of hydrogen-bond acceptors (Lipinski definition) is 3. The normalized spacial score (nSPS) is 10.3. The van der Waals surface area contributed by atoms with Crippen molar-refractivity contribution in [3.05, 3.63) is 59.1 Å². The van der Waals surface area contributed by atoms with Gasteiger partial charge in [-0.05, 0) is 41.8 Å². The summed E-state index contributed by atoms with van der Waals surface area (Å²) in [5.74, 6) is 0.262. The first-order valence-corrected chi connectivity index (χ1v) is 8.63. The van der Waals surface area contributed by atoms with Crippen molar-refractivity contribution in [3.8, 4) is 0 Å². The van der Waals surface area contributed by atoms with Crippen molar-refractivity contribution in [3.63, 3.8) is 0 Å². The maximum absolute atomic E-state index is 12.0. The van der Waals surface area contributed by atoms with Gasteiger partial charge in [-0.15, -0.1) is 0 Å². The zero-order chi connectivity index (χ0) is 18.9. The lowest BCUT2D eigenvalue weighted by atomic mass is 10.2. The molecule has 7 heteroatoms. The summed E-state index contributed by atoms with van der Waals surface area (Å²) in [6, 6.07) is 13.7. The molecule has 0 heterocycles. The first kappa shape index (κ1) is 19.6. The molecule has 0 aliphatic heterocycles. The molecule has 0 saturated carbocycles. The number of carbonyl (C=O) groups is 2. The molecule has 3 N–H and O–H groups in total. The fourth-order valence-electron chi connectivity index (χ4n) is 2.03. The Morgan fingerprint density at radius 2 is 1.69 bits per heavy atom. The Kier molecular flexibility index (Phi) is 7.29. The van der Waals surface area contributed by atoms with E-state index in [1.54, 1.807) is 36.4 Å². The standard InChI is InChI=1S/C19H22ClN3O3/c1-13(2)12-26-19(25)23-17-5-3-4-16(10-17)22-18(24)21-11-14-6-8-15(20)9-7-14/h3-10,13H,11-12H2,1-2H3,(H,23,25)(H2,21,22,24). The van der Waals surface area contributed by atoms with Gasteiger partial charge in [0, 0.05) is 22.9 Å². The Morgan fingerprint density at radius 3 is 2.35 bits per heavy atom. The molecule has 6 nitrogen and oxygen atoms in total. The van der Waals surface area contributed by atoms with Gasteiger partial charge < -0.3 is 15.4 Å². The predicted octanol–water partition coefficient (Wildman–Crippen LogP) is 4.87. The number of nitrogens with one attached hydrogen (secondary N) is 3. The number of rotatable bonds is 6. The lowest BCUT2D eigenvalue weighted by Crippen LogP contribution is -2.28. The van der Waals surface area contributed by atoms with Crippen molar-refractivity contribution in [2.24, 2.45) is 5.92 Å². The van der Waals surface area contributed by atoms with Crippen LogP contribution in [0.5, 0.6) is 0 Å². The predicted molar refractivity (Wildman–Crippen MR) is 104 cm³/mol. The Labute approximate surface area is 157 Å². The molecule has 0 saturated heterocycles. The van der Waals surface area contributed by atoms with Gasteiger partial charge >= 0.3 is 12.1 Å². The summed E-state index contributed by atoms with van der Waals surface area (Å²) >= 11 is 5.83. The number of urea groups is 1. The first-order chi connectivity index (χ1) is 12.4. The molecule has 0 atom stereocenters. The minimum atomic E-state index is -0.525. The van der Waals surface area contributed by atoms with Gasteiger partial charge in [0.25, 0.3) is 0 Å². The third-order valence-electron chi connectivity index (χ3n) is 3.28. The minimum absolute atomic E-state index is 0.262. The molecule has 0 unspecified atom stereocenters. The molecular weight excluding hydrogens is 354 g/mol. The Morgan fingerprint density at radius 1 is 1.04 bits per heavy atom. The molecule has 0 radical (unpaired) electrons. The summed E-state index contributed by atoms with van der Waals surface area (Å²) in [4.78, 5) is 23.7. The van der Waals surface area contributed by atoms with Gasteiger partial charge in [-0.25, -0.2) is 9.59 Å². The topological polar surface area (TPSA) is 79.5 Å². The summed E-state index contributed by atoms with van der Waals surface area (Å²) < 4.78 is 5.07. The van der Waals surface area contributed by atoms with Crippen LogP contribution in [-0.2, 0) is 11.3 Å². The Bertz CT molecular complexity index is 748. The molecule has 2 aromatic rings. The lowest BCUT2D eigenvalue weighted by Gasteiger charge is -2.11. The van der Waals surface area contributed by atoms with Crippen LogP contribution < -0.4 is 16.0 Å². The van der Waals surface area contributed by atoms with Gasteiger partial charge in [0.1, 0.15) is 0 Å². The second-order valence-corrected chi connectivity index (χ2v) is 6.57. The van der Waals surface area contributed by atoms with E-state index in [2.05, 4.69) is 16.0 Å². The average molecular weight is 376 g/mol. The summed E-state index contributed by atoms with van der Waals surface area (Å²) in [5.41, 5.74) is 2.03. The number of benzene rings is 2. The van der Waals surface area contributed by atoms with Gasteiger partial charge in [0.05, 0.1) is 6.61 Å². The van der Waals surface area contributed by atoms with Crippen molar-refractivity contribution < 1.29 is 14.3 Å². The van der Waals surface area contributed by atoms with Crippen molar-refractivity contribution in [2.45, 2.75) is 20.4 Å². The number of halogens is 1. The van der Waals surface area contributed by atoms with E-state index in [0.717, 1.165) is 5.56 Å². The lowest BCUT2D eigenvalue weighted by molar-refractivity contribution is 0.147. The van der Waals surface area contributed by atoms with E-state index in [0.29, 0.717) is 29.5 Å². The van der Waals surface area contributed by atoms with Crippen LogP contribution >= 0.6 is 11.6 Å². The number of ether oxygens (including phenoxy) is 1. The first-order valence-electron chi connectivity index (χ1n) is 8.25. The minimum Gasteiger partial charge on any atom is -0.449 e. The molecule has 3 amide bonds. The fourth-order valence-corrected chi connectivity index (χ4v) is 2.16. The van der Waals surface area contributed by atoms with Crippen molar-refractivity contribution in [1.29, 1.82) is 0 Å². The summed E-state index contributed by atoms with van der Waals surface area (Å²) in [5, 5.41) is 8.75. The molecule has 0 bridgehead atoms. The molecule has 26 heavy (non-hydrogen) atoms. The average Bonchev–Trinajstić information content (AvgIpc) is 2.60. The van der Waals surface area contributed by atoms with E-state index >= 15 is 0 Å². The van der Waals surface area contributed by atoms with Crippen molar-refractivity contribution >= 4 is 35.1 Å². The third-order valence-corrected chi connectivity index (χ3v) is 3.53. The number of hydrogen-bond donors (Lipinski definition) is 3. The highest BCUT2D eigenvalue weighted by Crippen LogP contribution is 2.15. The summed E-state index contributed by atoms with van der Waals surface area (Å²) in [6.07, 6.45) is -0.525. The molecule has 0 fully saturated rings. The zero-order valence-corrected chi connectivity index (χ0v) is 15.5. The van der Waals surface area contributed by atoms with E-state index in [1.807, 2.05) is 26.0 Å². The highest BCUT2D eigenvalue weighted by molar-refractivity contribution is 6.30. The van der Waals surface area contributed by atoms with Gasteiger partial charge in [-0.2, -0.15) is 0 Å². The maximum Gasteiger partial charge on any atom is 0.411 e. The molecule has 0 aliphatic rings. The Balaban J connectivity index is 1.84. The van der Waals surface area contributed by atoms with Gasteiger partial charge in [-0.3, -0.25) is 5.32 Å². The van der Waals surface area contributed by atoms with Crippen molar-refractivity contribution in [1.82, 2.24) is 5.32 Å². The molecule has 138 valence electrons. The maximum atomic E-state index is 12.0. The second kappa shape index (κ2) is 9.68. The number of anilines is 2. The van der Waals surface area contributed by atoms with Crippen LogP contribution in [0, 0.1) is 5.92 Å². The largest absolute Gasteiger partial charge is 0.449 e. The number of amides is 3. The molecule has 2 aromatic carbocycles. The van der Waals surface area contributed by atoms with Crippen LogP contribution in [0.2, 0.25) is 5.02 Å². The van der Waals surface area contributed by atoms with Crippen LogP contribution in [0.3, 0.4) is 0 Å². The SMILES string of the molecule is CC(C)COC(=O)Nc1cccc(NC(=O)NCc2ccc(Cl)cc2)c1. The van der Waals surface area contributed by atoms with Crippen LogP contribution in [0.1, 0.15) is 19.4 Å².